The molecule has 0 aliphatic heterocycles. The Morgan fingerprint density at radius 3 is 1.26 bits per heavy atom. The number of hydrogen-bond donors (Lipinski definition) is 0. The molecule has 66 heavy (non-hydrogen) atoms. The number of carboxylic acids is 1. The predicted molar refractivity (Wildman–Crippen MR) is 277 cm³/mol. The molecular formula is C58H107NO7. The predicted octanol–water partition coefficient (Wildman–Crippen LogP) is 15.2. The molecular weight excluding hydrogens is 823 g/mol. The van der Waals surface area contributed by atoms with Crippen LogP contribution >= 0.6 is 0 Å². The molecule has 0 N–H and O–H groups in total. The standard InChI is InChI=1S/C58H107NO7/c1-6-8-10-12-14-16-18-20-22-24-26-28-30-32-34-36-38-40-42-44-46-48-56(60)65-53-54(52-64-51-50-55(58(62)63)59(3,4)5)66-57(61)49-47-45-43-41-39-37-35-33-31-29-27-25-23-21-19-17-15-13-11-9-7-2/h8,10,14,16,29,31,54-55H,6-7,9,11-13,15,17-28,30,32-53H2,1-5H3/b10-8+,16-14+,31-29+. The Balaban J connectivity index is 4.17. The van der Waals surface area contributed by atoms with E-state index in [9.17, 15) is 19.5 Å². The summed E-state index contributed by atoms with van der Waals surface area (Å²) < 4.78 is 17.3. The Hall–Kier alpha value is -2.45. The highest BCUT2D eigenvalue weighted by Crippen LogP contribution is 2.16. The molecule has 8 heteroatoms. The van der Waals surface area contributed by atoms with Crippen LogP contribution in [-0.4, -0.2) is 75.5 Å². The van der Waals surface area contributed by atoms with Crippen molar-refractivity contribution in [2.75, 3.05) is 41.0 Å². The summed E-state index contributed by atoms with van der Waals surface area (Å²) in [7, 11) is 5.43. The molecule has 0 aromatic heterocycles. The van der Waals surface area contributed by atoms with E-state index < -0.39 is 18.1 Å². The molecule has 8 nitrogen and oxygen atoms in total. The molecule has 0 bridgehead atoms. The van der Waals surface area contributed by atoms with Gasteiger partial charge in [0.25, 0.3) is 0 Å². The molecule has 0 spiro atoms. The van der Waals surface area contributed by atoms with Gasteiger partial charge in [-0.05, 0) is 64.2 Å². The number of carbonyl (C=O) groups excluding carboxylic acids is 3. The number of esters is 2. The van der Waals surface area contributed by atoms with Gasteiger partial charge in [-0.15, -0.1) is 0 Å². The zero-order chi connectivity index (χ0) is 48.4. The van der Waals surface area contributed by atoms with Crippen molar-refractivity contribution in [3.05, 3.63) is 36.5 Å². The Kier molecular flexibility index (Phi) is 47.2. The molecule has 0 amide bonds. The second-order valence-electron chi connectivity index (χ2n) is 20.1. The maximum atomic E-state index is 12.8. The molecule has 0 radical (unpaired) electrons. The van der Waals surface area contributed by atoms with Gasteiger partial charge in [0.1, 0.15) is 12.6 Å². The van der Waals surface area contributed by atoms with Crippen LogP contribution in [0.3, 0.4) is 0 Å². The first-order valence-electron chi connectivity index (χ1n) is 28.0. The summed E-state index contributed by atoms with van der Waals surface area (Å²) in [5, 5.41) is 11.7. The van der Waals surface area contributed by atoms with Crippen molar-refractivity contribution in [1.82, 2.24) is 0 Å². The van der Waals surface area contributed by atoms with Crippen LogP contribution in [0, 0.1) is 0 Å². The first-order chi connectivity index (χ1) is 32.1. The van der Waals surface area contributed by atoms with Crippen molar-refractivity contribution in [3.63, 3.8) is 0 Å². The minimum absolute atomic E-state index is 0.0419. The van der Waals surface area contributed by atoms with Crippen LogP contribution in [0.15, 0.2) is 36.5 Å². The highest BCUT2D eigenvalue weighted by atomic mass is 16.6. The Bertz CT molecular complexity index is 1170. The first kappa shape index (κ1) is 63.5. The number of carboxylic acid groups (broad SMARTS) is 1. The number of rotatable bonds is 51. The minimum Gasteiger partial charge on any atom is -0.544 e. The average molecular weight is 930 g/mol. The zero-order valence-corrected chi connectivity index (χ0v) is 44.1. The lowest BCUT2D eigenvalue weighted by molar-refractivity contribution is -0.889. The Labute approximate surface area is 408 Å². The molecule has 2 unspecified atom stereocenters. The zero-order valence-electron chi connectivity index (χ0n) is 44.1. The molecule has 0 rings (SSSR count). The fraction of sp³-hybridized carbons (Fsp3) is 0.845. The summed E-state index contributed by atoms with van der Waals surface area (Å²) in [4.78, 5) is 37.1. The SMILES string of the molecule is CC/C=C/C/C=C/CCCCCCCCCCCCCCCCC(=O)OCC(COCCC(C(=O)[O-])[N+](C)(C)C)OC(=O)CCCCCCCCC/C=C/CCCCCCCCCCCC. The van der Waals surface area contributed by atoms with E-state index in [0.29, 0.717) is 12.8 Å². The maximum absolute atomic E-state index is 12.8. The highest BCUT2D eigenvalue weighted by Gasteiger charge is 2.25. The highest BCUT2D eigenvalue weighted by molar-refractivity contribution is 5.70. The lowest BCUT2D eigenvalue weighted by Gasteiger charge is -2.34. The lowest BCUT2D eigenvalue weighted by Crippen LogP contribution is -2.55. The van der Waals surface area contributed by atoms with Gasteiger partial charge >= 0.3 is 11.9 Å². The third kappa shape index (κ3) is 46.7. The number of hydrogen-bond acceptors (Lipinski definition) is 7. The summed E-state index contributed by atoms with van der Waals surface area (Å²) in [5.41, 5.74) is 0. The topological polar surface area (TPSA) is 102 Å². The van der Waals surface area contributed by atoms with Gasteiger partial charge in [0.05, 0.1) is 40.3 Å². The van der Waals surface area contributed by atoms with E-state index in [4.69, 9.17) is 14.2 Å². The van der Waals surface area contributed by atoms with Crippen LogP contribution in [0.5, 0.6) is 0 Å². The first-order valence-corrected chi connectivity index (χ1v) is 28.0. The number of ether oxygens (including phenoxy) is 3. The van der Waals surface area contributed by atoms with E-state index in [1.54, 1.807) is 0 Å². The van der Waals surface area contributed by atoms with Gasteiger partial charge in [-0.3, -0.25) is 9.59 Å². The number of quaternary nitrogens is 1. The van der Waals surface area contributed by atoms with Crippen LogP contribution in [0.25, 0.3) is 0 Å². The number of aliphatic carboxylic acids is 1. The largest absolute Gasteiger partial charge is 0.544 e. The molecule has 0 aromatic carbocycles. The molecule has 0 aromatic rings. The van der Waals surface area contributed by atoms with Crippen LogP contribution in [0.2, 0.25) is 0 Å². The molecule has 0 saturated carbocycles. The van der Waals surface area contributed by atoms with Gasteiger partial charge in [-0.1, -0.05) is 217 Å². The summed E-state index contributed by atoms with van der Waals surface area (Å²) in [6, 6.07) is -0.726. The summed E-state index contributed by atoms with van der Waals surface area (Å²) in [6.07, 6.45) is 59.0. The van der Waals surface area contributed by atoms with Gasteiger partial charge in [-0.2, -0.15) is 0 Å². The van der Waals surface area contributed by atoms with Crippen molar-refractivity contribution < 1.29 is 38.2 Å². The molecule has 0 aliphatic rings. The van der Waals surface area contributed by atoms with Gasteiger partial charge in [0.2, 0.25) is 0 Å². The van der Waals surface area contributed by atoms with E-state index >= 15 is 0 Å². The monoisotopic (exact) mass is 930 g/mol. The van der Waals surface area contributed by atoms with Crippen molar-refractivity contribution in [1.29, 1.82) is 0 Å². The van der Waals surface area contributed by atoms with E-state index in [1.165, 1.54) is 180 Å². The fourth-order valence-corrected chi connectivity index (χ4v) is 8.46. The third-order valence-electron chi connectivity index (χ3n) is 12.8. The van der Waals surface area contributed by atoms with Crippen LogP contribution in [0.4, 0.5) is 0 Å². The normalized spacial score (nSPS) is 13.0. The maximum Gasteiger partial charge on any atom is 0.306 e. The van der Waals surface area contributed by atoms with Crippen molar-refractivity contribution in [2.45, 2.75) is 276 Å². The molecule has 0 saturated heterocycles. The number of unbranched alkanes of at least 4 members (excludes halogenated alkanes) is 31. The second kappa shape index (κ2) is 49.0. The van der Waals surface area contributed by atoms with E-state index in [0.717, 1.165) is 51.4 Å². The number of likely N-dealkylation sites (N-methyl/N-ethyl adjacent to an activating group) is 1. The van der Waals surface area contributed by atoms with Gasteiger partial charge in [0.15, 0.2) is 6.10 Å². The summed E-state index contributed by atoms with van der Waals surface area (Å²) >= 11 is 0. The Morgan fingerprint density at radius 2 is 0.848 bits per heavy atom. The van der Waals surface area contributed by atoms with Gasteiger partial charge in [0, 0.05) is 19.3 Å². The van der Waals surface area contributed by atoms with E-state index in [1.807, 2.05) is 21.1 Å². The van der Waals surface area contributed by atoms with E-state index in [-0.39, 0.29) is 42.7 Å². The average Bonchev–Trinajstić information content (AvgIpc) is 3.28. The third-order valence-corrected chi connectivity index (χ3v) is 12.8. The van der Waals surface area contributed by atoms with Crippen LogP contribution in [0.1, 0.15) is 264 Å². The smallest absolute Gasteiger partial charge is 0.306 e. The fourth-order valence-electron chi connectivity index (χ4n) is 8.46. The summed E-state index contributed by atoms with van der Waals surface area (Å²) in [6.45, 7) is 4.60. The number of nitrogens with zero attached hydrogens (tertiary/aromatic N) is 1. The molecule has 2 atom stereocenters. The number of carbonyl (C=O) groups is 3. The minimum atomic E-state index is -1.12. The van der Waals surface area contributed by atoms with Gasteiger partial charge in [-0.25, -0.2) is 0 Å². The summed E-state index contributed by atoms with van der Waals surface area (Å²) in [5.74, 6) is -1.72. The molecule has 0 heterocycles. The molecule has 0 fully saturated rings. The van der Waals surface area contributed by atoms with Crippen molar-refractivity contribution in [3.8, 4) is 0 Å². The number of allylic oxidation sites excluding steroid dienone is 6. The van der Waals surface area contributed by atoms with Crippen molar-refractivity contribution in [2.24, 2.45) is 0 Å². The molecule has 386 valence electrons. The Morgan fingerprint density at radius 1 is 0.470 bits per heavy atom. The molecule has 0 aliphatic carbocycles. The lowest BCUT2D eigenvalue weighted by atomic mass is 10.0. The van der Waals surface area contributed by atoms with Gasteiger partial charge < -0.3 is 28.6 Å². The van der Waals surface area contributed by atoms with Crippen LogP contribution < -0.4 is 5.11 Å². The second-order valence-corrected chi connectivity index (χ2v) is 20.1. The van der Waals surface area contributed by atoms with Crippen LogP contribution in [-0.2, 0) is 28.6 Å². The quantitative estimate of drug-likeness (QED) is 0.0259. The van der Waals surface area contributed by atoms with E-state index in [2.05, 4.69) is 50.3 Å². The van der Waals surface area contributed by atoms with Crippen molar-refractivity contribution >= 4 is 17.9 Å².